The zero-order valence-corrected chi connectivity index (χ0v) is 16.4. The minimum atomic E-state index is -0.311. The minimum absolute atomic E-state index is 0.286. The first-order chi connectivity index (χ1) is 13.7. The topological polar surface area (TPSA) is 53.5 Å². The van der Waals surface area contributed by atoms with E-state index in [1.165, 1.54) is 32.8 Å². The highest BCUT2D eigenvalue weighted by molar-refractivity contribution is 5.43. The van der Waals surface area contributed by atoms with E-state index >= 15 is 0 Å². The maximum atomic E-state index is 13.8. The number of anilines is 2. The van der Waals surface area contributed by atoms with Gasteiger partial charge in [0.05, 0.1) is 13.2 Å². The molecule has 6 nitrogen and oxygen atoms in total. The lowest BCUT2D eigenvalue weighted by atomic mass is 10.1. The molecule has 4 rings (SSSR count). The number of aromatic nitrogens is 2. The van der Waals surface area contributed by atoms with E-state index in [-0.39, 0.29) is 11.6 Å². The summed E-state index contributed by atoms with van der Waals surface area (Å²) in [6.07, 6.45) is 6.92. The summed E-state index contributed by atoms with van der Waals surface area (Å²) in [6, 6.07) is 7.47. The van der Waals surface area contributed by atoms with E-state index in [0.29, 0.717) is 12.0 Å². The van der Waals surface area contributed by atoms with Crippen molar-refractivity contribution in [2.45, 2.75) is 38.3 Å². The monoisotopic (exact) mass is 385 g/mol. The number of halogens is 1. The highest BCUT2D eigenvalue weighted by Crippen LogP contribution is 2.22. The predicted octanol–water partition coefficient (Wildman–Crippen LogP) is 3.30. The summed E-state index contributed by atoms with van der Waals surface area (Å²) in [4.78, 5) is 13.8. The summed E-state index contributed by atoms with van der Waals surface area (Å²) in [6.45, 7) is 4.67. The largest absolute Gasteiger partial charge is 0.494 e. The number of benzene rings is 1. The Balaban J connectivity index is 1.28. The van der Waals surface area contributed by atoms with Crippen LogP contribution in [0.3, 0.4) is 0 Å². The van der Waals surface area contributed by atoms with Crippen LogP contribution in [0.1, 0.15) is 31.2 Å². The second kappa shape index (κ2) is 8.73. The van der Waals surface area contributed by atoms with Crippen LogP contribution in [0.25, 0.3) is 0 Å². The first kappa shape index (κ1) is 18.9. The van der Waals surface area contributed by atoms with E-state index in [1.54, 1.807) is 12.1 Å². The van der Waals surface area contributed by atoms with Gasteiger partial charge < -0.3 is 15.0 Å². The number of hydrogen-bond donors (Lipinski definition) is 1. The molecule has 2 aromatic rings. The molecule has 28 heavy (non-hydrogen) atoms. The Bertz CT molecular complexity index is 788. The van der Waals surface area contributed by atoms with Crippen molar-refractivity contribution in [2.24, 2.45) is 0 Å². The molecule has 2 fully saturated rings. The van der Waals surface area contributed by atoms with Gasteiger partial charge in [0.25, 0.3) is 0 Å². The second-order valence-electron chi connectivity index (χ2n) is 7.64. The summed E-state index contributed by atoms with van der Waals surface area (Å²) in [5.41, 5.74) is 0.955. The Labute approximate surface area is 165 Å². The maximum Gasteiger partial charge on any atom is 0.224 e. The summed E-state index contributed by atoms with van der Waals surface area (Å²) in [5, 5.41) is 3.43. The van der Waals surface area contributed by atoms with Gasteiger partial charge in [-0.15, -0.1) is 0 Å². The fraction of sp³-hybridized carbons (Fsp3) is 0.524. The van der Waals surface area contributed by atoms with Crippen molar-refractivity contribution in [1.29, 1.82) is 0 Å². The molecule has 0 amide bonds. The van der Waals surface area contributed by atoms with Crippen molar-refractivity contribution >= 4 is 11.8 Å². The molecule has 0 aliphatic carbocycles. The molecule has 0 atom stereocenters. The molecule has 2 saturated heterocycles. The zero-order valence-electron chi connectivity index (χ0n) is 16.4. The summed E-state index contributed by atoms with van der Waals surface area (Å²) in [7, 11) is 1.48. The van der Waals surface area contributed by atoms with Gasteiger partial charge in [-0.05, 0) is 36.6 Å². The molecule has 150 valence electrons. The van der Waals surface area contributed by atoms with Gasteiger partial charge in [-0.2, -0.15) is 4.98 Å². The van der Waals surface area contributed by atoms with Gasteiger partial charge in [-0.1, -0.05) is 18.9 Å². The van der Waals surface area contributed by atoms with Crippen LogP contribution in [-0.4, -0.2) is 54.2 Å². The first-order valence-corrected chi connectivity index (χ1v) is 10.1. The Morgan fingerprint density at radius 1 is 1.14 bits per heavy atom. The summed E-state index contributed by atoms with van der Waals surface area (Å²) >= 11 is 0. The molecular formula is C21H28FN5O. The number of ether oxygens (including phenoxy) is 1. The van der Waals surface area contributed by atoms with Crippen molar-refractivity contribution in [3.05, 3.63) is 41.8 Å². The predicted molar refractivity (Wildman–Crippen MR) is 108 cm³/mol. The highest BCUT2D eigenvalue weighted by atomic mass is 19.1. The van der Waals surface area contributed by atoms with Crippen molar-refractivity contribution in [3.63, 3.8) is 0 Å². The first-order valence-electron chi connectivity index (χ1n) is 10.1. The third-order valence-electron chi connectivity index (χ3n) is 5.48. The average molecular weight is 385 g/mol. The van der Waals surface area contributed by atoms with Crippen LogP contribution >= 0.6 is 0 Å². The Hall–Kier alpha value is -2.41. The van der Waals surface area contributed by atoms with Gasteiger partial charge in [0.2, 0.25) is 5.95 Å². The lowest BCUT2D eigenvalue weighted by molar-refractivity contribution is 0.152. The molecule has 1 aromatic carbocycles. The SMILES string of the molecule is COc1ccc(CN2CC(Nc3nccc(N4CCCCCC4)n3)C2)cc1F. The molecule has 0 saturated carbocycles. The van der Waals surface area contributed by atoms with Crippen LogP contribution in [0.15, 0.2) is 30.5 Å². The number of nitrogens with zero attached hydrogens (tertiary/aromatic N) is 4. The number of nitrogens with one attached hydrogen (secondary N) is 1. The van der Waals surface area contributed by atoms with Crippen molar-refractivity contribution < 1.29 is 9.13 Å². The normalized spacial score (nSPS) is 18.4. The standard InChI is InChI=1S/C21H28FN5O/c1-28-19-7-6-16(12-18(19)22)13-26-14-17(15-26)24-21-23-9-8-20(25-21)27-10-4-2-3-5-11-27/h6-9,12,17H,2-5,10-11,13-15H2,1H3,(H,23,24,25). The molecule has 0 spiro atoms. The molecule has 2 aliphatic heterocycles. The van der Waals surface area contributed by atoms with Crippen molar-refractivity contribution in [3.8, 4) is 5.75 Å². The van der Waals surface area contributed by atoms with Gasteiger partial charge in [0.1, 0.15) is 5.82 Å². The third-order valence-corrected chi connectivity index (χ3v) is 5.48. The lowest BCUT2D eigenvalue weighted by Crippen LogP contribution is -2.54. The van der Waals surface area contributed by atoms with Crippen LogP contribution in [0.2, 0.25) is 0 Å². The van der Waals surface area contributed by atoms with E-state index in [0.717, 1.165) is 44.1 Å². The van der Waals surface area contributed by atoms with Gasteiger partial charge in [0.15, 0.2) is 11.6 Å². The fourth-order valence-electron chi connectivity index (χ4n) is 3.93. The molecular weight excluding hydrogens is 357 g/mol. The van der Waals surface area contributed by atoms with E-state index < -0.39 is 0 Å². The number of rotatable bonds is 6. The van der Waals surface area contributed by atoms with Gasteiger partial charge in [0, 0.05) is 38.9 Å². The van der Waals surface area contributed by atoms with Crippen molar-refractivity contribution in [2.75, 3.05) is 43.5 Å². The van der Waals surface area contributed by atoms with Crippen LogP contribution in [0.5, 0.6) is 5.75 Å². The Morgan fingerprint density at radius 2 is 1.93 bits per heavy atom. The fourth-order valence-corrected chi connectivity index (χ4v) is 3.93. The van der Waals surface area contributed by atoms with Crippen LogP contribution in [0, 0.1) is 5.82 Å². The quantitative estimate of drug-likeness (QED) is 0.823. The minimum Gasteiger partial charge on any atom is -0.494 e. The van der Waals surface area contributed by atoms with Crippen LogP contribution < -0.4 is 15.0 Å². The van der Waals surface area contributed by atoms with E-state index in [4.69, 9.17) is 9.72 Å². The smallest absolute Gasteiger partial charge is 0.224 e. The zero-order chi connectivity index (χ0) is 19.3. The van der Waals surface area contributed by atoms with E-state index in [1.807, 2.05) is 18.3 Å². The van der Waals surface area contributed by atoms with Crippen molar-refractivity contribution in [1.82, 2.24) is 14.9 Å². The molecule has 0 radical (unpaired) electrons. The van der Waals surface area contributed by atoms with Gasteiger partial charge in [-0.25, -0.2) is 9.37 Å². The maximum absolute atomic E-state index is 13.8. The second-order valence-corrected chi connectivity index (χ2v) is 7.64. The number of hydrogen-bond acceptors (Lipinski definition) is 6. The molecule has 1 N–H and O–H groups in total. The third kappa shape index (κ3) is 4.52. The van der Waals surface area contributed by atoms with Gasteiger partial charge >= 0.3 is 0 Å². The summed E-state index contributed by atoms with van der Waals surface area (Å²) in [5.74, 6) is 1.69. The number of likely N-dealkylation sites (tertiary alicyclic amines) is 1. The Morgan fingerprint density at radius 3 is 2.64 bits per heavy atom. The number of methoxy groups -OCH3 is 1. The van der Waals surface area contributed by atoms with Crippen LogP contribution in [-0.2, 0) is 6.54 Å². The van der Waals surface area contributed by atoms with E-state index in [9.17, 15) is 4.39 Å². The molecule has 7 heteroatoms. The van der Waals surface area contributed by atoms with Gasteiger partial charge in [-0.3, -0.25) is 4.90 Å². The Kier molecular flexibility index (Phi) is 5.90. The van der Waals surface area contributed by atoms with Crippen LogP contribution in [0.4, 0.5) is 16.2 Å². The molecule has 3 heterocycles. The lowest BCUT2D eigenvalue weighted by Gasteiger charge is -2.39. The molecule has 2 aliphatic rings. The molecule has 0 bridgehead atoms. The molecule has 1 aromatic heterocycles. The highest BCUT2D eigenvalue weighted by Gasteiger charge is 2.27. The summed E-state index contributed by atoms with van der Waals surface area (Å²) < 4.78 is 18.8. The average Bonchev–Trinajstić information content (AvgIpc) is 2.96. The molecule has 0 unspecified atom stereocenters. The van der Waals surface area contributed by atoms with E-state index in [2.05, 4.69) is 20.1 Å².